The molecule has 1 aromatic heterocycles. The first-order valence-electron chi connectivity index (χ1n) is 10.9. The third kappa shape index (κ3) is 4.44. The summed E-state index contributed by atoms with van der Waals surface area (Å²) in [7, 11) is 0. The van der Waals surface area contributed by atoms with Gasteiger partial charge in [0.25, 0.3) is 5.91 Å². The minimum Gasteiger partial charge on any atom is -0.459 e. The van der Waals surface area contributed by atoms with Gasteiger partial charge >= 0.3 is 0 Å². The van der Waals surface area contributed by atoms with Crippen LogP contribution in [0.2, 0.25) is 0 Å². The summed E-state index contributed by atoms with van der Waals surface area (Å²) in [5, 5.41) is 3.06. The molecule has 1 atom stereocenters. The van der Waals surface area contributed by atoms with Gasteiger partial charge in [-0.3, -0.25) is 14.5 Å². The zero-order valence-electron chi connectivity index (χ0n) is 18.3. The lowest BCUT2D eigenvalue weighted by Crippen LogP contribution is -2.47. The summed E-state index contributed by atoms with van der Waals surface area (Å²) in [6.07, 6.45) is 5.25. The Labute approximate surface area is 187 Å². The van der Waals surface area contributed by atoms with Crippen molar-refractivity contribution in [2.75, 3.05) is 4.90 Å². The predicted octanol–water partition coefficient (Wildman–Crippen LogP) is 5.48. The number of hydrogen-bond acceptors (Lipinski definition) is 3. The Morgan fingerprint density at radius 3 is 2.47 bits per heavy atom. The lowest BCUT2D eigenvalue weighted by atomic mass is 9.99. The van der Waals surface area contributed by atoms with E-state index in [0.717, 1.165) is 36.8 Å². The van der Waals surface area contributed by atoms with Crippen LogP contribution in [0.3, 0.4) is 0 Å². The standard InChI is InChI=1S/C26H27FN2O3/c1-17-13-14-22(18(2)16-17)29(26(31)23-12-7-15-32-23)24(20-10-5-6-11-21(20)27)25(30)28-19-8-3-4-9-19/h5-7,10-16,19,24H,3-4,8-9H2,1-2H3,(H,28,30)/t24-/m1/s1. The molecule has 166 valence electrons. The molecular weight excluding hydrogens is 407 g/mol. The monoisotopic (exact) mass is 434 g/mol. The molecule has 1 aliphatic carbocycles. The summed E-state index contributed by atoms with van der Waals surface area (Å²) >= 11 is 0. The normalized spacial score (nSPS) is 14.8. The molecule has 1 heterocycles. The molecule has 1 aliphatic rings. The number of aryl methyl sites for hydroxylation is 2. The molecule has 5 nitrogen and oxygen atoms in total. The van der Waals surface area contributed by atoms with Crippen molar-refractivity contribution >= 4 is 17.5 Å². The van der Waals surface area contributed by atoms with Crippen LogP contribution in [-0.2, 0) is 4.79 Å². The molecule has 1 fully saturated rings. The third-order valence-electron chi connectivity index (χ3n) is 5.97. The maximum absolute atomic E-state index is 15.0. The van der Waals surface area contributed by atoms with E-state index in [0.29, 0.717) is 5.69 Å². The van der Waals surface area contributed by atoms with Crippen LogP contribution in [-0.4, -0.2) is 17.9 Å². The van der Waals surface area contributed by atoms with Gasteiger partial charge in [-0.15, -0.1) is 0 Å². The Morgan fingerprint density at radius 1 is 1.06 bits per heavy atom. The van der Waals surface area contributed by atoms with Gasteiger partial charge in [-0.2, -0.15) is 0 Å². The van der Waals surface area contributed by atoms with Crippen LogP contribution < -0.4 is 10.2 Å². The summed E-state index contributed by atoms with van der Waals surface area (Å²) in [6.45, 7) is 3.83. The zero-order chi connectivity index (χ0) is 22.7. The first kappa shape index (κ1) is 21.8. The van der Waals surface area contributed by atoms with Gasteiger partial charge in [-0.05, 0) is 56.5 Å². The first-order valence-corrected chi connectivity index (χ1v) is 10.9. The lowest BCUT2D eigenvalue weighted by Gasteiger charge is -2.33. The van der Waals surface area contributed by atoms with E-state index in [1.807, 2.05) is 26.0 Å². The van der Waals surface area contributed by atoms with Crippen LogP contribution in [0.4, 0.5) is 10.1 Å². The maximum Gasteiger partial charge on any atom is 0.294 e. The number of benzene rings is 2. The van der Waals surface area contributed by atoms with Crippen molar-refractivity contribution in [1.29, 1.82) is 0 Å². The van der Waals surface area contributed by atoms with E-state index in [9.17, 15) is 9.59 Å². The van der Waals surface area contributed by atoms with Gasteiger partial charge in [-0.1, -0.05) is 48.7 Å². The lowest BCUT2D eigenvalue weighted by molar-refractivity contribution is -0.123. The second-order valence-corrected chi connectivity index (χ2v) is 8.36. The van der Waals surface area contributed by atoms with E-state index in [2.05, 4.69) is 5.32 Å². The minimum absolute atomic E-state index is 0.0245. The summed E-state index contributed by atoms with van der Waals surface area (Å²) < 4.78 is 20.4. The molecule has 2 aromatic carbocycles. The van der Waals surface area contributed by atoms with Crippen molar-refractivity contribution in [3.63, 3.8) is 0 Å². The van der Waals surface area contributed by atoms with E-state index in [1.165, 1.54) is 17.2 Å². The van der Waals surface area contributed by atoms with Gasteiger partial charge < -0.3 is 9.73 Å². The molecule has 0 bridgehead atoms. The van der Waals surface area contributed by atoms with Gasteiger partial charge in [0.2, 0.25) is 5.91 Å². The molecule has 0 aliphatic heterocycles. The highest BCUT2D eigenvalue weighted by molar-refractivity contribution is 6.09. The van der Waals surface area contributed by atoms with Gasteiger partial charge in [0.1, 0.15) is 11.9 Å². The molecule has 2 amide bonds. The average Bonchev–Trinajstić information content (AvgIpc) is 3.47. The highest BCUT2D eigenvalue weighted by atomic mass is 19.1. The van der Waals surface area contributed by atoms with E-state index >= 15 is 4.39 Å². The summed E-state index contributed by atoms with van der Waals surface area (Å²) in [5.74, 6) is -1.36. The fourth-order valence-electron chi connectivity index (χ4n) is 4.41. The summed E-state index contributed by atoms with van der Waals surface area (Å²) in [6, 6.07) is 13.7. The Hall–Kier alpha value is -3.41. The van der Waals surface area contributed by atoms with E-state index in [-0.39, 0.29) is 17.4 Å². The highest BCUT2D eigenvalue weighted by Gasteiger charge is 2.37. The van der Waals surface area contributed by atoms with Crippen molar-refractivity contribution in [2.45, 2.75) is 51.6 Å². The molecule has 32 heavy (non-hydrogen) atoms. The number of rotatable bonds is 6. The van der Waals surface area contributed by atoms with Crippen LogP contribution in [0.5, 0.6) is 0 Å². The highest BCUT2D eigenvalue weighted by Crippen LogP contribution is 2.34. The molecule has 4 rings (SSSR count). The smallest absolute Gasteiger partial charge is 0.294 e. The molecular formula is C26H27FN2O3. The number of carbonyl (C=O) groups is 2. The second-order valence-electron chi connectivity index (χ2n) is 8.36. The van der Waals surface area contributed by atoms with Gasteiger partial charge in [0, 0.05) is 17.3 Å². The Morgan fingerprint density at radius 2 is 1.81 bits per heavy atom. The molecule has 0 unspecified atom stereocenters. The van der Waals surface area contributed by atoms with Gasteiger partial charge in [0.15, 0.2) is 5.76 Å². The number of carbonyl (C=O) groups excluding carboxylic acids is 2. The van der Waals surface area contributed by atoms with Crippen molar-refractivity contribution in [2.24, 2.45) is 0 Å². The molecule has 0 spiro atoms. The molecule has 6 heteroatoms. The number of amides is 2. The number of furan rings is 1. The number of halogens is 1. The maximum atomic E-state index is 15.0. The van der Waals surface area contributed by atoms with Crippen LogP contribution in [0.25, 0.3) is 0 Å². The zero-order valence-corrected chi connectivity index (χ0v) is 18.3. The van der Waals surface area contributed by atoms with Crippen molar-refractivity contribution < 1.29 is 18.4 Å². The molecule has 0 radical (unpaired) electrons. The second kappa shape index (κ2) is 9.39. The van der Waals surface area contributed by atoms with Crippen LogP contribution in [0.1, 0.15) is 59.0 Å². The minimum atomic E-state index is -1.18. The number of hydrogen-bond donors (Lipinski definition) is 1. The topological polar surface area (TPSA) is 62.6 Å². The predicted molar refractivity (Wildman–Crippen MR) is 121 cm³/mol. The quantitative estimate of drug-likeness (QED) is 0.559. The van der Waals surface area contributed by atoms with Crippen LogP contribution >= 0.6 is 0 Å². The summed E-state index contributed by atoms with van der Waals surface area (Å²) in [5.41, 5.74) is 2.50. The fourth-order valence-corrected chi connectivity index (χ4v) is 4.41. The van der Waals surface area contributed by atoms with Gasteiger partial charge in [-0.25, -0.2) is 4.39 Å². The van der Waals surface area contributed by atoms with Crippen LogP contribution in [0, 0.1) is 19.7 Å². The molecule has 1 saturated carbocycles. The Kier molecular flexibility index (Phi) is 6.40. The number of nitrogens with one attached hydrogen (secondary N) is 1. The average molecular weight is 435 g/mol. The SMILES string of the molecule is Cc1ccc(N(C(=O)c2ccco2)[C@@H](C(=O)NC2CCCC2)c2ccccc2F)c(C)c1. The van der Waals surface area contributed by atoms with E-state index in [1.54, 1.807) is 36.4 Å². The molecule has 0 saturated heterocycles. The first-order chi connectivity index (χ1) is 15.5. The van der Waals surface area contributed by atoms with E-state index in [4.69, 9.17) is 4.42 Å². The molecule has 1 N–H and O–H groups in total. The van der Waals surface area contributed by atoms with Crippen molar-refractivity contribution in [3.8, 4) is 0 Å². The number of nitrogens with zero attached hydrogens (tertiary/aromatic N) is 1. The van der Waals surface area contributed by atoms with Crippen molar-refractivity contribution in [3.05, 3.63) is 89.1 Å². The molecule has 3 aromatic rings. The Balaban J connectivity index is 1.86. The van der Waals surface area contributed by atoms with E-state index < -0.39 is 23.7 Å². The largest absolute Gasteiger partial charge is 0.459 e. The summed E-state index contributed by atoms with van der Waals surface area (Å²) in [4.78, 5) is 28.6. The Bertz CT molecular complexity index is 1100. The third-order valence-corrected chi connectivity index (χ3v) is 5.97. The van der Waals surface area contributed by atoms with Crippen LogP contribution in [0.15, 0.2) is 65.3 Å². The fraction of sp³-hybridized carbons (Fsp3) is 0.308. The van der Waals surface area contributed by atoms with Gasteiger partial charge in [0.05, 0.1) is 6.26 Å². The van der Waals surface area contributed by atoms with Crippen molar-refractivity contribution in [1.82, 2.24) is 5.32 Å². The number of anilines is 1.